The Morgan fingerprint density at radius 2 is 1.83 bits per heavy atom. The Labute approximate surface area is 239 Å². The molecule has 0 spiro atoms. The molecule has 11 heteroatoms. The zero-order valence-corrected chi connectivity index (χ0v) is 23.9. The Morgan fingerprint density at radius 1 is 1.07 bits per heavy atom. The van der Waals surface area contributed by atoms with E-state index in [1.807, 2.05) is 19.1 Å². The summed E-state index contributed by atoms with van der Waals surface area (Å²) >= 11 is 0. The summed E-state index contributed by atoms with van der Waals surface area (Å²) in [4.78, 5) is 7.33. The lowest BCUT2D eigenvalue weighted by Crippen LogP contribution is -2.46. The van der Waals surface area contributed by atoms with Gasteiger partial charge in [0.1, 0.15) is 22.8 Å². The minimum Gasteiger partial charge on any atom is -0.497 e. The van der Waals surface area contributed by atoms with Crippen molar-refractivity contribution < 1.29 is 17.9 Å². The second kappa shape index (κ2) is 11.0. The first-order valence-electron chi connectivity index (χ1n) is 13.8. The second-order valence-corrected chi connectivity index (χ2v) is 12.3. The van der Waals surface area contributed by atoms with Gasteiger partial charge in [-0.2, -0.15) is 10.4 Å². The van der Waals surface area contributed by atoms with Crippen LogP contribution < -0.4 is 14.2 Å². The molecular weight excluding hydrogens is 540 g/mol. The third kappa shape index (κ3) is 5.45. The summed E-state index contributed by atoms with van der Waals surface area (Å²) in [7, 11) is -2.59. The highest BCUT2D eigenvalue weighted by molar-refractivity contribution is 7.92. The van der Waals surface area contributed by atoms with Crippen LogP contribution >= 0.6 is 0 Å². The number of likely N-dealkylation sites (tertiary alicyclic amines) is 1. The van der Waals surface area contributed by atoms with E-state index >= 15 is 0 Å². The van der Waals surface area contributed by atoms with Crippen molar-refractivity contribution in [1.29, 1.82) is 5.26 Å². The summed E-state index contributed by atoms with van der Waals surface area (Å²) in [5.41, 5.74) is 3.52. The molecule has 2 aliphatic rings. The number of nitrogens with zero attached hydrogens (tertiary/aromatic N) is 4. The summed E-state index contributed by atoms with van der Waals surface area (Å²) in [6, 6.07) is 15.8. The number of nitriles is 1. The Hall–Kier alpha value is -4.14. The van der Waals surface area contributed by atoms with Crippen LogP contribution in [0.2, 0.25) is 0 Å². The molecule has 1 aliphatic carbocycles. The highest BCUT2D eigenvalue weighted by Gasteiger charge is 2.30. The van der Waals surface area contributed by atoms with Gasteiger partial charge in [0.25, 0.3) is 10.0 Å². The summed E-state index contributed by atoms with van der Waals surface area (Å²) in [6.45, 7) is 4.06. The molecular formula is C30H32N6O4S. The van der Waals surface area contributed by atoms with Gasteiger partial charge in [0.15, 0.2) is 0 Å². The number of benzene rings is 2. The fourth-order valence-electron chi connectivity index (χ4n) is 5.51. The third-order valence-electron chi connectivity index (χ3n) is 8.06. The molecule has 212 valence electrons. The number of piperidine rings is 1. The largest absolute Gasteiger partial charge is 0.497 e. The van der Waals surface area contributed by atoms with Crippen molar-refractivity contribution in [2.45, 2.75) is 56.1 Å². The fourth-order valence-corrected chi connectivity index (χ4v) is 6.75. The number of methoxy groups -OCH3 is 1. The predicted octanol–water partition coefficient (Wildman–Crippen LogP) is 5.01. The average molecular weight is 573 g/mol. The number of hydrogen-bond acceptors (Lipinski definition) is 8. The molecule has 0 radical (unpaired) electrons. The van der Waals surface area contributed by atoms with Crippen molar-refractivity contribution in [1.82, 2.24) is 20.1 Å². The lowest BCUT2D eigenvalue weighted by Gasteiger charge is -2.41. The smallest absolute Gasteiger partial charge is 0.263 e. The highest BCUT2D eigenvalue weighted by Crippen LogP contribution is 2.34. The number of nitrogens with one attached hydrogen (secondary N) is 2. The first-order chi connectivity index (χ1) is 19.8. The molecule has 0 amide bonds. The van der Waals surface area contributed by atoms with Gasteiger partial charge in [-0.05, 0) is 62.9 Å². The van der Waals surface area contributed by atoms with Crippen molar-refractivity contribution in [2.75, 3.05) is 24.9 Å². The van der Waals surface area contributed by atoms with E-state index in [1.54, 1.807) is 30.3 Å². The van der Waals surface area contributed by atoms with Gasteiger partial charge in [0.2, 0.25) is 5.88 Å². The molecule has 0 atom stereocenters. The molecule has 10 nitrogen and oxygen atoms in total. The summed E-state index contributed by atoms with van der Waals surface area (Å²) in [6.07, 6.45) is 6.00. The molecule has 2 aromatic carbocycles. The highest BCUT2D eigenvalue weighted by atomic mass is 32.2. The van der Waals surface area contributed by atoms with E-state index in [-0.39, 0.29) is 16.6 Å². The van der Waals surface area contributed by atoms with Crippen LogP contribution in [0.25, 0.3) is 22.2 Å². The van der Waals surface area contributed by atoms with Crippen LogP contribution in [0.15, 0.2) is 53.4 Å². The Balaban J connectivity index is 1.22. The molecule has 6 rings (SSSR count). The van der Waals surface area contributed by atoms with Crippen molar-refractivity contribution in [3.8, 4) is 29.0 Å². The minimum absolute atomic E-state index is 0.0305. The van der Waals surface area contributed by atoms with E-state index in [4.69, 9.17) is 14.5 Å². The number of aromatic nitrogens is 3. The molecule has 2 fully saturated rings. The van der Waals surface area contributed by atoms with Crippen LogP contribution in [-0.4, -0.2) is 60.8 Å². The maximum Gasteiger partial charge on any atom is 0.263 e. The number of fused-ring (bicyclic) bond motifs is 1. The van der Waals surface area contributed by atoms with Gasteiger partial charge in [-0.25, -0.2) is 13.4 Å². The van der Waals surface area contributed by atoms with E-state index in [9.17, 15) is 13.7 Å². The zero-order chi connectivity index (χ0) is 28.6. The summed E-state index contributed by atoms with van der Waals surface area (Å²) in [5.74, 6) is 0.911. The number of anilines is 1. The zero-order valence-electron chi connectivity index (χ0n) is 23.1. The average Bonchev–Trinajstić information content (AvgIpc) is 3.33. The van der Waals surface area contributed by atoms with Gasteiger partial charge in [0.05, 0.1) is 29.3 Å². The number of H-pyrrole nitrogens is 1. The van der Waals surface area contributed by atoms with E-state index in [2.05, 4.69) is 19.8 Å². The summed E-state index contributed by atoms with van der Waals surface area (Å²) < 4.78 is 40.4. The lowest BCUT2D eigenvalue weighted by atomic mass is 9.90. The molecule has 4 aromatic rings. The van der Waals surface area contributed by atoms with Crippen LogP contribution in [0.4, 0.5) is 5.69 Å². The molecule has 0 bridgehead atoms. The Morgan fingerprint density at radius 3 is 2.49 bits per heavy atom. The van der Waals surface area contributed by atoms with E-state index in [1.165, 1.54) is 38.5 Å². The van der Waals surface area contributed by atoms with Crippen LogP contribution in [0.1, 0.15) is 43.4 Å². The monoisotopic (exact) mass is 572 g/mol. The van der Waals surface area contributed by atoms with Crippen molar-refractivity contribution in [3.63, 3.8) is 0 Å². The number of aromatic amines is 1. The topological polar surface area (TPSA) is 133 Å². The van der Waals surface area contributed by atoms with Gasteiger partial charge in [-0.15, -0.1) is 0 Å². The number of ether oxygens (including phenoxy) is 2. The maximum atomic E-state index is 13.1. The van der Waals surface area contributed by atoms with Crippen LogP contribution in [0.5, 0.6) is 11.6 Å². The molecule has 1 aliphatic heterocycles. The maximum absolute atomic E-state index is 13.1. The normalized spacial score (nSPS) is 16.7. The quantitative estimate of drug-likeness (QED) is 0.301. The first kappa shape index (κ1) is 27.1. The van der Waals surface area contributed by atoms with Crippen molar-refractivity contribution in [3.05, 3.63) is 59.8 Å². The minimum atomic E-state index is -4.03. The number of hydrogen-bond donors (Lipinski definition) is 2. The molecule has 1 saturated heterocycles. The van der Waals surface area contributed by atoms with Crippen molar-refractivity contribution in [2.24, 2.45) is 0 Å². The first-order valence-corrected chi connectivity index (χ1v) is 15.3. The molecule has 41 heavy (non-hydrogen) atoms. The van der Waals surface area contributed by atoms with Crippen LogP contribution in [0.3, 0.4) is 0 Å². The molecule has 2 aromatic heterocycles. The summed E-state index contributed by atoms with van der Waals surface area (Å²) in [5, 5.41) is 17.8. The van der Waals surface area contributed by atoms with E-state index in [0.29, 0.717) is 23.0 Å². The number of sulfonamides is 1. The molecule has 1 saturated carbocycles. The van der Waals surface area contributed by atoms with E-state index < -0.39 is 10.0 Å². The third-order valence-corrected chi connectivity index (χ3v) is 9.48. The standard InChI is InChI=1S/C30H32N6O4S/c1-19-29-27(34-33-19)17-26(32-30(29)40-24-12-14-36(15-13-24)23-4-3-5-23)20-6-9-22(10-7-20)35-41(37,38)28-16-25(39-2)11-8-21(28)18-31/h6-11,16-17,23-24,35H,3-5,12-15H2,1-2H3,(H,33,34). The molecule has 3 heterocycles. The SMILES string of the molecule is COc1ccc(C#N)c(S(=O)(=O)Nc2ccc(-c3cc4n[nH]c(C)c4c(OC4CCN(C5CCC5)CC4)n3)cc2)c1. The Kier molecular flexibility index (Phi) is 7.28. The van der Waals surface area contributed by atoms with Gasteiger partial charge in [0, 0.05) is 42.1 Å². The number of rotatable bonds is 8. The molecule has 2 N–H and O–H groups in total. The van der Waals surface area contributed by atoms with Gasteiger partial charge in [-0.3, -0.25) is 9.82 Å². The Bertz CT molecular complexity index is 1720. The van der Waals surface area contributed by atoms with E-state index in [0.717, 1.165) is 54.1 Å². The lowest BCUT2D eigenvalue weighted by molar-refractivity contribution is 0.0482. The number of pyridine rings is 1. The van der Waals surface area contributed by atoms with Crippen molar-refractivity contribution >= 4 is 26.6 Å². The van der Waals surface area contributed by atoms with Gasteiger partial charge < -0.3 is 14.4 Å². The molecule has 0 unspecified atom stereocenters. The van der Waals surface area contributed by atoms with Crippen LogP contribution in [0, 0.1) is 18.3 Å². The van der Waals surface area contributed by atoms with Gasteiger partial charge >= 0.3 is 0 Å². The predicted molar refractivity (Wildman–Crippen MR) is 155 cm³/mol. The van der Waals surface area contributed by atoms with Crippen LogP contribution in [-0.2, 0) is 10.0 Å². The van der Waals surface area contributed by atoms with Gasteiger partial charge in [-0.1, -0.05) is 18.6 Å². The number of aryl methyl sites for hydroxylation is 1. The fraction of sp³-hybridized carbons (Fsp3) is 0.367. The second-order valence-electron chi connectivity index (χ2n) is 10.7.